The van der Waals surface area contributed by atoms with E-state index in [2.05, 4.69) is 19.9 Å². The van der Waals surface area contributed by atoms with Gasteiger partial charge in [0.05, 0.1) is 10.7 Å². The van der Waals surface area contributed by atoms with Crippen LogP contribution in [0.1, 0.15) is 30.6 Å². The SMILES string of the molecule is Cc1cnc(NS(=O)(=O)c2cc(Cl)c(NCC34CCCN3CCC4)cc2F)s1. The van der Waals surface area contributed by atoms with Gasteiger partial charge in [0.25, 0.3) is 10.0 Å². The summed E-state index contributed by atoms with van der Waals surface area (Å²) in [5.74, 6) is -0.847. The third-order valence-electron chi connectivity index (χ3n) is 5.57. The second kappa shape index (κ2) is 7.44. The van der Waals surface area contributed by atoms with Crippen LogP contribution in [0, 0.1) is 12.7 Å². The van der Waals surface area contributed by atoms with E-state index in [0.29, 0.717) is 12.2 Å². The summed E-state index contributed by atoms with van der Waals surface area (Å²) in [4.78, 5) is 6.81. The van der Waals surface area contributed by atoms with Gasteiger partial charge in [-0.15, -0.1) is 11.3 Å². The number of hydrogen-bond donors (Lipinski definition) is 2. The Balaban J connectivity index is 1.53. The molecule has 2 saturated heterocycles. The van der Waals surface area contributed by atoms with Crippen molar-refractivity contribution in [2.45, 2.75) is 43.0 Å². The van der Waals surface area contributed by atoms with Crippen molar-refractivity contribution in [3.63, 3.8) is 0 Å². The molecule has 0 unspecified atom stereocenters. The van der Waals surface area contributed by atoms with E-state index in [-0.39, 0.29) is 15.7 Å². The Morgan fingerprint density at radius 3 is 2.68 bits per heavy atom. The van der Waals surface area contributed by atoms with Crippen molar-refractivity contribution in [3.05, 3.63) is 34.0 Å². The molecule has 0 radical (unpaired) electrons. The molecule has 28 heavy (non-hydrogen) atoms. The first kappa shape index (κ1) is 19.9. The fourth-order valence-electron chi connectivity index (χ4n) is 4.22. The summed E-state index contributed by atoms with van der Waals surface area (Å²) in [5, 5.41) is 3.62. The van der Waals surface area contributed by atoms with Crippen molar-refractivity contribution in [1.29, 1.82) is 0 Å². The Hall–Kier alpha value is -1.42. The first-order valence-electron chi connectivity index (χ1n) is 9.22. The molecule has 0 aliphatic carbocycles. The maximum absolute atomic E-state index is 14.7. The van der Waals surface area contributed by atoms with Crippen molar-refractivity contribution >= 4 is 43.8 Å². The number of benzene rings is 1. The minimum absolute atomic E-state index is 0.106. The largest absolute Gasteiger partial charge is 0.382 e. The topological polar surface area (TPSA) is 74.3 Å². The number of nitrogens with one attached hydrogen (secondary N) is 2. The van der Waals surface area contributed by atoms with Crippen LogP contribution in [0.3, 0.4) is 0 Å². The Bertz CT molecular complexity index is 985. The Morgan fingerprint density at radius 1 is 1.32 bits per heavy atom. The molecule has 2 aliphatic rings. The highest BCUT2D eigenvalue weighted by molar-refractivity contribution is 7.93. The normalized spacial score (nSPS) is 19.0. The molecule has 0 bridgehead atoms. The van der Waals surface area contributed by atoms with Gasteiger partial charge in [0.2, 0.25) is 0 Å². The van der Waals surface area contributed by atoms with Gasteiger partial charge >= 0.3 is 0 Å². The summed E-state index contributed by atoms with van der Waals surface area (Å²) in [7, 11) is -4.11. The van der Waals surface area contributed by atoms with Crippen LogP contribution < -0.4 is 10.0 Å². The number of aryl methyl sites for hydroxylation is 1. The molecular formula is C18H22ClFN4O2S2. The number of halogens is 2. The molecule has 1 aromatic heterocycles. The molecule has 2 fully saturated rings. The van der Waals surface area contributed by atoms with Gasteiger partial charge in [0, 0.05) is 23.2 Å². The lowest BCUT2D eigenvalue weighted by Gasteiger charge is -2.32. The minimum atomic E-state index is -4.11. The number of nitrogens with zero attached hydrogens (tertiary/aromatic N) is 2. The number of hydrogen-bond acceptors (Lipinski definition) is 6. The van der Waals surface area contributed by atoms with Crippen LogP contribution in [-0.4, -0.2) is 43.5 Å². The maximum Gasteiger partial charge on any atom is 0.266 e. The highest BCUT2D eigenvalue weighted by Crippen LogP contribution is 2.39. The molecule has 0 saturated carbocycles. The zero-order chi connectivity index (χ0) is 19.9. The van der Waals surface area contributed by atoms with Crippen LogP contribution in [0.5, 0.6) is 0 Å². The lowest BCUT2D eigenvalue weighted by molar-refractivity contribution is 0.209. The summed E-state index contributed by atoms with van der Waals surface area (Å²) < 4.78 is 42.0. The first-order valence-corrected chi connectivity index (χ1v) is 11.9. The van der Waals surface area contributed by atoms with E-state index in [0.717, 1.165) is 42.9 Å². The first-order chi connectivity index (χ1) is 13.3. The van der Waals surface area contributed by atoms with Crippen molar-refractivity contribution < 1.29 is 12.8 Å². The fraction of sp³-hybridized carbons (Fsp3) is 0.500. The van der Waals surface area contributed by atoms with Gasteiger partial charge in [-0.25, -0.2) is 17.8 Å². The summed E-state index contributed by atoms with van der Waals surface area (Å²) in [6.07, 6.45) is 6.12. The van der Waals surface area contributed by atoms with Gasteiger partial charge < -0.3 is 5.32 Å². The molecule has 0 atom stereocenters. The summed E-state index contributed by atoms with van der Waals surface area (Å²) >= 11 is 7.47. The molecule has 2 aliphatic heterocycles. The molecule has 4 rings (SSSR count). The second-order valence-electron chi connectivity index (χ2n) is 7.42. The van der Waals surface area contributed by atoms with Gasteiger partial charge in [-0.2, -0.15) is 0 Å². The monoisotopic (exact) mass is 444 g/mol. The van der Waals surface area contributed by atoms with E-state index in [4.69, 9.17) is 11.6 Å². The van der Waals surface area contributed by atoms with Crippen molar-refractivity contribution in [3.8, 4) is 0 Å². The van der Waals surface area contributed by atoms with Crippen LogP contribution in [0.4, 0.5) is 15.2 Å². The Labute approximate surface area is 173 Å². The summed E-state index contributed by atoms with van der Waals surface area (Å²) in [6.45, 7) is 4.68. The van der Waals surface area contributed by atoms with E-state index >= 15 is 0 Å². The zero-order valence-corrected chi connectivity index (χ0v) is 17.9. The van der Waals surface area contributed by atoms with Gasteiger partial charge in [-0.3, -0.25) is 9.62 Å². The maximum atomic E-state index is 14.7. The summed E-state index contributed by atoms with van der Waals surface area (Å²) in [5.41, 5.74) is 0.519. The van der Waals surface area contributed by atoms with Gasteiger partial charge in [0.15, 0.2) is 5.13 Å². The number of anilines is 2. The van der Waals surface area contributed by atoms with Crippen LogP contribution >= 0.6 is 22.9 Å². The average molecular weight is 445 g/mol. The quantitative estimate of drug-likeness (QED) is 0.702. The second-order valence-corrected chi connectivity index (χ2v) is 10.7. The molecule has 10 heteroatoms. The molecule has 6 nitrogen and oxygen atoms in total. The van der Waals surface area contributed by atoms with Crippen LogP contribution in [-0.2, 0) is 10.0 Å². The van der Waals surface area contributed by atoms with Crippen LogP contribution in [0.15, 0.2) is 23.2 Å². The molecule has 2 N–H and O–H groups in total. The Morgan fingerprint density at radius 2 is 2.04 bits per heavy atom. The number of aromatic nitrogens is 1. The molecule has 2 aromatic rings. The van der Waals surface area contributed by atoms with E-state index in [1.54, 1.807) is 6.20 Å². The lowest BCUT2D eigenvalue weighted by atomic mass is 9.94. The number of rotatable bonds is 6. The fourth-order valence-corrected chi connectivity index (χ4v) is 6.50. The molecule has 1 aromatic carbocycles. The molecule has 0 spiro atoms. The smallest absolute Gasteiger partial charge is 0.266 e. The van der Waals surface area contributed by atoms with E-state index < -0.39 is 20.7 Å². The van der Waals surface area contributed by atoms with E-state index in [1.807, 2.05) is 6.92 Å². The lowest BCUT2D eigenvalue weighted by Crippen LogP contribution is -2.44. The number of thiazole rings is 1. The molecule has 152 valence electrons. The average Bonchev–Trinajstić information content (AvgIpc) is 3.30. The van der Waals surface area contributed by atoms with Gasteiger partial charge in [-0.1, -0.05) is 11.6 Å². The third-order valence-corrected chi connectivity index (χ3v) is 8.20. The molecule has 3 heterocycles. The van der Waals surface area contributed by atoms with Crippen molar-refractivity contribution in [1.82, 2.24) is 9.88 Å². The van der Waals surface area contributed by atoms with Gasteiger partial charge in [0.1, 0.15) is 10.7 Å². The minimum Gasteiger partial charge on any atom is -0.382 e. The predicted molar refractivity (Wildman–Crippen MR) is 110 cm³/mol. The van der Waals surface area contributed by atoms with Crippen LogP contribution in [0.2, 0.25) is 5.02 Å². The highest BCUT2D eigenvalue weighted by atomic mass is 35.5. The third kappa shape index (κ3) is 3.72. The van der Waals surface area contributed by atoms with Gasteiger partial charge in [-0.05, 0) is 57.8 Å². The molecule has 0 amide bonds. The number of sulfonamides is 1. The van der Waals surface area contributed by atoms with Crippen molar-refractivity contribution in [2.24, 2.45) is 0 Å². The highest BCUT2D eigenvalue weighted by Gasteiger charge is 2.43. The Kier molecular flexibility index (Phi) is 5.28. The van der Waals surface area contributed by atoms with Crippen molar-refractivity contribution in [2.75, 3.05) is 29.7 Å². The van der Waals surface area contributed by atoms with E-state index in [1.165, 1.54) is 24.2 Å². The summed E-state index contributed by atoms with van der Waals surface area (Å²) in [6, 6.07) is 2.32. The molecular weight excluding hydrogens is 423 g/mol. The van der Waals surface area contributed by atoms with E-state index in [9.17, 15) is 12.8 Å². The number of fused-ring (bicyclic) bond motifs is 1. The van der Waals surface area contributed by atoms with Crippen LogP contribution in [0.25, 0.3) is 0 Å². The zero-order valence-electron chi connectivity index (χ0n) is 15.5. The standard InChI is InChI=1S/C18H22ClFN4O2S2/c1-12-10-21-17(27-12)23-28(25,26)16-8-13(19)15(9-14(16)20)22-11-18-4-2-6-24(18)7-3-5-18/h8-10,22H,2-7,11H2,1H3,(H,21,23). The predicted octanol–water partition coefficient (Wildman–Crippen LogP) is 4.09.